The van der Waals surface area contributed by atoms with E-state index in [0.29, 0.717) is 5.69 Å². The number of aryl methyl sites for hydroxylation is 1. The van der Waals surface area contributed by atoms with Gasteiger partial charge in [0.1, 0.15) is 0 Å². The summed E-state index contributed by atoms with van der Waals surface area (Å²) in [6.07, 6.45) is 0. The normalized spacial score (nSPS) is 11.8. The molecule has 0 heterocycles. The summed E-state index contributed by atoms with van der Waals surface area (Å²) in [6, 6.07) is 12.9. The van der Waals surface area contributed by atoms with Crippen LogP contribution in [0, 0.1) is 6.92 Å². The van der Waals surface area contributed by atoms with Crippen LogP contribution in [0.15, 0.2) is 46.9 Å². The average molecular weight is 348 g/mol. The van der Waals surface area contributed by atoms with E-state index in [9.17, 15) is 4.79 Å². The fourth-order valence-electron chi connectivity index (χ4n) is 1.93. The number of hydrogen-bond donors (Lipinski definition) is 3. The largest absolute Gasteiger partial charge is 0.324 e. The molecule has 4 N–H and O–H groups in total. The lowest BCUT2D eigenvalue weighted by Gasteiger charge is -2.12. The van der Waals surface area contributed by atoms with Crippen LogP contribution in [0.5, 0.6) is 0 Å². The maximum atomic E-state index is 12.1. The standard InChI is InChI=1S/C16H18BrN3O/c1-10-5-3-8-14(15(10)17)20-16(21)19-13-7-4-6-12(9-13)11(2)18/h3-9,11H,18H2,1-2H3,(H2,19,20,21). The lowest BCUT2D eigenvalue weighted by molar-refractivity contribution is 0.262. The van der Waals surface area contributed by atoms with Crippen LogP contribution in [0.1, 0.15) is 24.1 Å². The van der Waals surface area contributed by atoms with E-state index in [-0.39, 0.29) is 12.1 Å². The van der Waals surface area contributed by atoms with Gasteiger partial charge in [0.15, 0.2) is 0 Å². The summed E-state index contributed by atoms with van der Waals surface area (Å²) in [7, 11) is 0. The summed E-state index contributed by atoms with van der Waals surface area (Å²) in [4.78, 5) is 12.1. The third-order valence-corrected chi connectivity index (χ3v) is 4.16. The predicted octanol–water partition coefficient (Wildman–Crippen LogP) is 4.42. The highest BCUT2D eigenvalue weighted by atomic mass is 79.9. The molecule has 2 rings (SSSR count). The number of benzene rings is 2. The SMILES string of the molecule is Cc1cccc(NC(=O)Nc2cccc(C(C)N)c2)c1Br. The minimum absolute atomic E-state index is 0.0688. The number of urea groups is 1. The maximum Gasteiger partial charge on any atom is 0.323 e. The Balaban J connectivity index is 2.08. The molecule has 0 radical (unpaired) electrons. The number of rotatable bonds is 3. The van der Waals surface area contributed by atoms with Gasteiger partial charge in [0.25, 0.3) is 0 Å². The second-order valence-electron chi connectivity index (χ2n) is 4.93. The Morgan fingerprint density at radius 2 is 1.90 bits per heavy atom. The van der Waals surface area contributed by atoms with Gasteiger partial charge in [-0.25, -0.2) is 4.79 Å². The molecular formula is C16H18BrN3O. The van der Waals surface area contributed by atoms with Crippen LogP contribution >= 0.6 is 15.9 Å². The molecule has 0 aromatic heterocycles. The fraction of sp³-hybridized carbons (Fsp3) is 0.188. The smallest absolute Gasteiger partial charge is 0.323 e. The summed E-state index contributed by atoms with van der Waals surface area (Å²) < 4.78 is 0.879. The van der Waals surface area contributed by atoms with E-state index in [4.69, 9.17) is 5.73 Å². The van der Waals surface area contributed by atoms with Crippen molar-refractivity contribution in [1.82, 2.24) is 0 Å². The summed E-state index contributed by atoms with van der Waals surface area (Å²) in [6.45, 7) is 3.88. The zero-order chi connectivity index (χ0) is 15.4. The van der Waals surface area contributed by atoms with Crippen molar-refractivity contribution in [3.63, 3.8) is 0 Å². The minimum atomic E-state index is -0.289. The van der Waals surface area contributed by atoms with Gasteiger partial charge in [0, 0.05) is 16.2 Å². The van der Waals surface area contributed by atoms with Gasteiger partial charge in [-0.3, -0.25) is 0 Å². The molecule has 0 aliphatic carbocycles. The van der Waals surface area contributed by atoms with Gasteiger partial charge in [-0.2, -0.15) is 0 Å². The van der Waals surface area contributed by atoms with Crippen LogP contribution < -0.4 is 16.4 Å². The molecule has 5 heteroatoms. The zero-order valence-corrected chi connectivity index (χ0v) is 13.6. The van der Waals surface area contributed by atoms with Gasteiger partial charge in [0.2, 0.25) is 0 Å². The maximum absolute atomic E-state index is 12.1. The van der Waals surface area contributed by atoms with Gasteiger partial charge in [-0.05, 0) is 59.1 Å². The summed E-state index contributed by atoms with van der Waals surface area (Å²) >= 11 is 3.47. The first-order valence-corrected chi connectivity index (χ1v) is 7.45. The third-order valence-electron chi connectivity index (χ3n) is 3.11. The van der Waals surface area contributed by atoms with Gasteiger partial charge in [-0.15, -0.1) is 0 Å². The van der Waals surface area contributed by atoms with Crippen LogP contribution in [0.2, 0.25) is 0 Å². The average Bonchev–Trinajstić information content (AvgIpc) is 2.44. The first-order chi connectivity index (χ1) is 9.97. The molecule has 2 aromatic rings. The lowest BCUT2D eigenvalue weighted by Crippen LogP contribution is -2.20. The lowest BCUT2D eigenvalue weighted by atomic mass is 10.1. The first kappa shape index (κ1) is 15.5. The molecule has 0 spiro atoms. The molecule has 0 fully saturated rings. The molecule has 110 valence electrons. The van der Waals surface area contributed by atoms with Crippen molar-refractivity contribution in [2.75, 3.05) is 10.6 Å². The Hall–Kier alpha value is -1.85. The Labute approximate surface area is 132 Å². The molecule has 0 aliphatic rings. The molecule has 2 amide bonds. The number of carbonyl (C=O) groups is 1. The number of nitrogens with one attached hydrogen (secondary N) is 2. The molecule has 0 saturated carbocycles. The zero-order valence-electron chi connectivity index (χ0n) is 12.0. The van der Waals surface area contributed by atoms with Crippen molar-refractivity contribution in [2.24, 2.45) is 5.73 Å². The van der Waals surface area contributed by atoms with Crippen LogP contribution in [-0.4, -0.2) is 6.03 Å². The number of halogens is 1. The summed E-state index contributed by atoms with van der Waals surface area (Å²) in [5.41, 5.74) is 9.32. The number of amides is 2. The van der Waals surface area contributed by atoms with E-state index >= 15 is 0 Å². The van der Waals surface area contributed by atoms with Gasteiger partial charge >= 0.3 is 6.03 Å². The number of carbonyl (C=O) groups excluding carboxylic acids is 1. The summed E-state index contributed by atoms with van der Waals surface area (Å²) in [5.74, 6) is 0. The van der Waals surface area contributed by atoms with Gasteiger partial charge in [-0.1, -0.05) is 24.3 Å². The van der Waals surface area contributed by atoms with Crippen LogP contribution in [0.25, 0.3) is 0 Å². The van der Waals surface area contributed by atoms with E-state index in [2.05, 4.69) is 26.6 Å². The van der Waals surface area contributed by atoms with Crippen molar-refractivity contribution in [3.05, 3.63) is 58.1 Å². The Kier molecular flexibility index (Phi) is 4.98. The molecule has 0 bridgehead atoms. The summed E-state index contributed by atoms with van der Waals surface area (Å²) in [5, 5.41) is 5.63. The highest BCUT2D eigenvalue weighted by molar-refractivity contribution is 9.10. The van der Waals surface area contributed by atoms with Crippen molar-refractivity contribution in [2.45, 2.75) is 19.9 Å². The topological polar surface area (TPSA) is 67.2 Å². The first-order valence-electron chi connectivity index (χ1n) is 6.66. The molecule has 21 heavy (non-hydrogen) atoms. The van der Waals surface area contributed by atoms with E-state index in [0.717, 1.165) is 21.3 Å². The minimum Gasteiger partial charge on any atom is -0.324 e. The second-order valence-corrected chi connectivity index (χ2v) is 5.72. The molecule has 0 saturated heterocycles. The van der Waals surface area contributed by atoms with Gasteiger partial charge in [0.05, 0.1) is 5.69 Å². The monoisotopic (exact) mass is 347 g/mol. The van der Waals surface area contributed by atoms with Gasteiger partial charge < -0.3 is 16.4 Å². The Morgan fingerprint density at radius 3 is 2.62 bits per heavy atom. The molecule has 0 aliphatic heterocycles. The van der Waals surface area contributed by atoms with Crippen molar-refractivity contribution < 1.29 is 4.79 Å². The van der Waals surface area contributed by atoms with E-state index in [1.54, 1.807) is 0 Å². The highest BCUT2D eigenvalue weighted by Crippen LogP contribution is 2.26. The van der Waals surface area contributed by atoms with E-state index < -0.39 is 0 Å². The van der Waals surface area contributed by atoms with Crippen LogP contribution in [-0.2, 0) is 0 Å². The molecule has 4 nitrogen and oxygen atoms in total. The Bertz CT molecular complexity index is 656. The van der Waals surface area contributed by atoms with E-state index in [1.807, 2.05) is 56.3 Å². The number of anilines is 2. The molecule has 1 atom stereocenters. The second kappa shape index (κ2) is 6.74. The molecule has 1 unspecified atom stereocenters. The van der Waals surface area contributed by atoms with Crippen molar-refractivity contribution in [3.8, 4) is 0 Å². The van der Waals surface area contributed by atoms with Crippen LogP contribution in [0.4, 0.5) is 16.2 Å². The van der Waals surface area contributed by atoms with Crippen LogP contribution in [0.3, 0.4) is 0 Å². The number of nitrogens with two attached hydrogens (primary N) is 1. The Morgan fingerprint density at radius 1 is 1.19 bits per heavy atom. The third kappa shape index (κ3) is 4.06. The quantitative estimate of drug-likeness (QED) is 0.769. The van der Waals surface area contributed by atoms with Crippen molar-refractivity contribution >= 4 is 33.3 Å². The molecular weight excluding hydrogens is 330 g/mol. The van der Waals surface area contributed by atoms with E-state index in [1.165, 1.54) is 0 Å². The molecule has 2 aromatic carbocycles. The predicted molar refractivity (Wildman–Crippen MR) is 90.6 cm³/mol. The fourth-order valence-corrected chi connectivity index (χ4v) is 2.29. The highest BCUT2D eigenvalue weighted by Gasteiger charge is 2.08. The van der Waals surface area contributed by atoms with Crippen molar-refractivity contribution in [1.29, 1.82) is 0 Å². The number of hydrogen-bond acceptors (Lipinski definition) is 2.